The molecule has 1 spiro atoms. The summed E-state index contributed by atoms with van der Waals surface area (Å²) in [6.45, 7) is 1.88. The van der Waals surface area contributed by atoms with Gasteiger partial charge >= 0.3 is 5.97 Å². The van der Waals surface area contributed by atoms with Gasteiger partial charge in [0.05, 0.1) is 6.61 Å². The highest BCUT2D eigenvalue weighted by Crippen LogP contribution is 2.66. The number of carbonyl (C=O) groups is 3. The molecule has 7 heteroatoms. The number of ketones is 1. The Hall–Kier alpha value is -2.51. The van der Waals surface area contributed by atoms with Crippen molar-refractivity contribution >= 4 is 34.7 Å². The number of amides is 1. The van der Waals surface area contributed by atoms with Gasteiger partial charge in [-0.15, -0.1) is 11.3 Å². The summed E-state index contributed by atoms with van der Waals surface area (Å²) in [6, 6.07) is 11.2. The standard InChI is InChI=1S/C21H19NO5S/c1-2-26-18(24)16-17-14(23)9-10-20(27-17,15-8-5-11-28-15)21(16)12-6-3-4-7-13(12)22-19(21)25/h3-8,11,16-17H,2,9-10H2,1H3,(H,22,25)/t16-,17+,20+,21+/m1/s1. The van der Waals surface area contributed by atoms with Crippen LogP contribution in [-0.2, 0) is 34.9 Å². The summed E-state index contributed by atoms with van der Waals surface area (Å²) < 4.78 is 11.7. The minimum atomic E-state index is -1.34. The molecule has 0 radical (unpaired) electrons. The van der Waals surface area contributed by atoms with Gasteiger partial charge in [-0.05, 0) is 36.4 Å². The van der Waals surface area contributed by atoms with Crippen molar-refractivity contribution in [2.24, 2.45) is 5.92 Å². The summed E-state index contributed by atoms with van der Waals surface area (Å²) in [5.41, 5.74) is -1.06. The van der Waals surface area contributed by atoms with Crippen LogP contribution in [0.2, 0.25) is 0 Å². The molecule has 1 N–H and O–H groups in total. The lowest BCUT2D eigenvalue weighted by atomic mass is 9.60. The van der Waals surface area contributed by atoms with Crippen LogP contribution in [0.25, 0.3) is 0 Å². The number of benzene rings is 1. The van der Waals surface area contributed by atoms with Crippen molar-refractivity contribution in [2.75, 3.05) is 11.9 Å². The quantitative estimate of drug-likeness (QED) is 0.806. The first-order valence-electron chi connectivity index (χ1n) is 9.38. The summed E-state index contributed by atoms with van der Waals surface area (Å²) >= 11 is 1.48. The van der Waals surface area contributed by atoms with Gasteiger partial charge in [0.1, 0.15) is 23.0 Å². The SMILES string of the molecule is CCOC(=O)[C@H]1[C@H]2O[C@](c3cccs3)(CCC2=O)[C@]12C(=O)Nc1ccccc12. The Balaban J connectivity index is 1.85. The Kier molecular flexibility index (Phi) is 3.76. The number of thiophene rings is 1. The number of nitrogens with one attached hydrogen (secondary N) is 1. The average molecular weight is 397 g/mol. The fraction of sp³-hybridized carbons (Fsp3) is 0.381. The summed E-state index contributed by atoms with van der Waals surface area (Å²) in [6.07, 6.45) is -0.386. The zero-order chi connectivity index (χ0) is 19.5. The van der Waals surface area contributed by atoms with E-state index in [4.69, 9.17) is 9.47 Å². The second-order valence-corrected chi connectivity index (χ2v) is 8.29. The smallest absolute Gasteiger partial charge is 0.313 e. The van der Waals surface area contributed by atoms with Crippen molar-refractivity contribution in [3.05, 3.63) is 52.2 Å². The highest BCUT2D eigenvalue weighted by molar-refractivity contribution is 7.10. The summed E-state index contributed by atoms with van der Waals surface area (Å²) in [4.78, 5) is 40.4. The van der Waals surface area contributed by atoms with E-state index in [1.165, 1.54) is 11.3 Å². The molecule has 6 nitrogen and oxygen atoms in total. The van der Waals surface area contributed by atoms with Gasteiger partial charge in [-0.2, -0.15) is 0 Å². The predicted octanol–water partition coefficient (Wildman–Crippen LogP) is 2.77. The zero-order valence-corrected chi connectivity index (χ0v) is 16.1. The van der Waals surface area contributed by atoms with E-state index in [1.54, 1.807) is 6.92 Å². The third-order valence-corrected chi connectivity index (χ3v) is 7.21. The van der Waals surface area contributed by atoms with Gasteiger partial charge in [-0.3, -0.25) is 14.4 Å². The van der Waals surface area contributed by atoms with Crippen molar-refractivity contribution in [3.8, 4) is 0 Å². The highest BCUT2D eigenvalue weighted by atomic mass is 32.1. The molecule has 2 bridgehead atoms. The van der Waals surface area contributed by atoms with E-state index in [9.17, 15) is 14.4 Å². The molecule has 0 saturated carbocycles. The van der Waals surface area contributed by atoms with Crippen LogP contribution in [0.5, 0.6) is 0 Å². The minimum absolute atomic E-state index is 0.153. The molecule has 28 heavy (non-hydrogen) atoms. The fourth-order valence-electron chi connectivity index (χ4n) is 5.21. The van der Waals surface area contributed by atoms with Gasteiger partial charge in [0, 0.05) is 17.0 Å². The van der Waals surface area contributed by atoms with Gasteiger partial charge in [-0.1, -0.05) is 24.3 Å². The first-order chi connectivity index (χ1) is 13.6. The number of ether oxygens (including phenoxy) is 2. The van der Waals surface area contributed by atoms with E-state index in [1.807, 2.05) is 41.8 Å². The van der Waals surface area contributed by atoms with Crippen LogP contribution in [0.3, 0.4) is 0 Å². The summed E-state index contributed by atoms with van der Waals surface area (Å²) in [7, 11) is 0. The molecule has 3 aliphatic rings. The van der Waals surface area contributed by atoms with E-state index in [0.29, 0.717) is 17.7 Å². The maximum Gasteiger partial charge on any atom is 0.313 e. The Bertz CT molecular complexity index is 986. The van der Waals surface area contributed by atoms with Crippen molar-refractivity contribution < 1.29 is 23.9 Å². The topological polar surface area (TPSA) is 81.7 Å². The van der Waals surface area contributed by atoms with E-state index in [0.717, 1.165) is 4.88 Å². The molecule has 5 rings (SSSR count). The van der Waals surface area contributed by atoms with Crippen LogP contribution in [0.4, 0.5) is 5.69 Å². The van der Waals surface area contributed by atoms with Crippen molar-refractivity contribution in [2.45, 2.75) is 36.9 Å². The molecular formula is C21H19NO5S. The van der Waals surface area contributed by atoms with Crippen LogP contribution in [0, 0.1) is 5.92 Å². The largest absolute Gasteiger partial charge is 0.466 e. The lowest BCUT2D eigenvalue weighted by molar-refractivity contribution is -0.158. The van der Waals surface area contributed by atoms with Gasteiger partial charge in [-0.25, -0.2) is 0 Å². The number of esters is 1. The number of carbonyl (C=O) groups excluding carboxylic acids is 3. The van der Waals surface area contributed by atoms with Gasteiger partial charge in [0.15, 0.2) is 5.78 Å². The van der Waals surface area contributed by atoms with Crippen molar-refractivity contribution in [3.63, 3.8) is 0 Å². The first kappa shape index (κ1) is 17.6. The molecule has 4 atom stereocenters. The maximum absolute atomic E-state index is 13.6. The number of Topliss-reactive ketones (excluding diaryl/α,β-unsaturated/α-hetero) is 1. The second kappa shape index (κ2) is 5.99. The van der Waals surface area contributed by atoms with E-state index >= 15 is 0 Å². The molecule has 0 aliphatic carbocycles. The third-order valence-electron chi connectivity index (χ3n) is 6.19. The van der Waals surface area contributed by atoms with Gasteiger partial charge in [0.2, 0.25) is 5.91 Å². The van der Waals surface area contributed by atoms with Crippen LogP contribution in [0.1, 0.15) is 30.2 Å². The molecule has 4 heterocycles. The predicted molar refractivity (Wildman–Crippen MR) is 102 cm³/mol. The third kappa shape index (κ3) is 1.93. The van der Waals surface area contributed by atoms with E-state index < -0.39 is 29.0 Å². The zero-order valence-electron chi connectivity index (χ0n) is 15.3. The first-order valence-corrected chi connectivity index (χ1v) is 10.3. The highest BCUT2D eigenvalue weighted by Gasteiger charge is 2.77. The Morgan fingerprint density at radius 2 is 2.11 bits per heavy atom. The number of hydrogen-bond acceptors (Lipinski definition) is 6. The number of fused-ring (bicyclic) bond motifs is 5. The number of hydrogen-bond donors (Lipinski definition) is 1. The molecule has 1 aromatic carbocycles. The Morgan fingerprint density at radius 1 is 1.29 bits per heavy atom. The second-order valence-electron chi connectivity index (χ2n) is 7.35. The number of anilines is 1. The van der Waals surface area contributed by atoms with Crippen LogP contribution < -0.4 is 5.32 Å². The number of para-hydroxylation sites is 1. The fourth-order valence-corrected chi connectivity index (χ4v) is 6.17. The van der Waals surface area contributed by atoms with Crippen molar-refractivity contribution in [1.82, 2.24) is 0 Å². The monoisotopic (exact) mass is 397 g/mol. The lowest BCUT2D eigenvalue weighted by Crippen LogP contribution is -2.55. The van der Waals surface area contributed by atoms with Gasteiger partial charge < -0.3 is 14.8 Å². The summed E-state index contributed by atoms with van der Waals surface area (Å²) in [5.74, 6) is -2.04. The molecule has 1 amide bonds. The number of rotatable bonds is 3. The molecule has 2 saturated heterocycles. The van der Waals surface area contributed by atoms with Gasteiger partial charge in [0.25, 0.3) is 0 Å². The Labute approximate surface area is 165 Å². The van der Waals surface area contributed by atoms with Crippen molar-refractivity contribution in [1.29, 1.82) is 0 Å². The molecule has 2 fully saturated rings. The van der Waals surface area contributed by atoms with E-state index in [2.05, 4.69) is 5.32 Å². The van der Waals surface area contributed by atoms with E-state index in [-0.39, 0.29) is 24.7 Å². The molecule has 1 aromatic heterocycles. The molecule has 144 valence electrons. The summed E-state index contributed by atoms with van der Waals surface area (Å²) in [5, 5.41) is 4.86. The minimum Gasteiger partial charge on any atom is -0.466 e. The lowest BCUT2D eigenvalue weighted by Gasteiger charge is -2.42. The van der Waals surface area contributed by atoms with Crippen LogP contribution in [0.15, 0.2) is 41.8 Å². The maximum atomic E-state index is 13.6. The van der Waals surface area contributed by atoms with Crippen LogP contribution >= 0.6 is 11.3 Å². The Morgan fingerprint density at radius 3 is 2.86 bits per heavy atom. The molecule has 0 unspecified atom stereocenters. The van der Waals surface area contributed by atoms with Crippen LogP contribution in [-0.4, -0.2) is 30.4 Å². The molecule has 2 aromatic rings. The molecular weight excluding hydrogens is 378 g/mol. The molecule has 3 aliphatic heterocycles. The average Bonchev–Trinajstić information content (AvgIpc) is 3.37. The normalized spacial score (nSPS) is 33.0.